The van der Waals surface area contributed by atoms with Crippen molar-refractivity contribution < 1.29 is 9.90 Å². The van der Waals surface area contributed by atoms with E-state index in [1.807, 2.05) is 38.1 Å². The number of carbonyl (C=O) groups excluding carboxylic acids is 1. The number of aromatic nitrogens is 1. The Labute approximate surface area is 155 Å². The molecule has 3 rings (SSSR count). The van der Waals surface area contributed by atoms with Crippen LogP contribution in [0.3, 0.4) is 0 Å². The van der Waals surface area contributed by atoms with E-state index < -0.39 is 6.04 Å². The monoisotopic (exact) mass is 368 g/mol. The molecule has 0 bridgehead atoms. The third-order valence-electron chi connectivity index (χ3n) is 3.93. The number of rotatable bonds is 5. The van der Waals surface area contributed by atoms with Gasteiger partial charge < -0.3 is 10.4 Å². The predicted molar refractivity (Wildman–Crippen MR) is 106 cm³/mol. The number of hydrogen-bond acceptors (Lipinski definition) is 6. The lowest BCUT2D eigenvalue weighted by Crippen LogP contribution is -2.34. The molecule has 7 heteroatoms. The molecule has 0 unspecified atom stereocenters. The van der Waals surface area contributed by atoms with E-state index in [2.05, 4.69) is 20.8 Å². The number of carbonyl (C=O) groups is 1. The standard InChI is InChI=1S/C19H20N4O2S/c1-11-8-14(9-12(2)17(11)24)10-20-23-18(25)13(3)21-19-22-15-6-4-5-7-16(15)26-19/h4-10,13,24H,1-3H3,(H,21,22)(H,23,25)/b20-10+/t13-/m0/s1. The van der Waals surface area contributed by atoms with Crippen molar-refractivity contribution in [2.45, 2.75) is 26.8 Å². The lowest BCUT2D eigenvalue weighted by atomic mass is 10.1. The summed E-state index contributed by atoms with van der Waals surface area (Å²) in [6, 6.07) is 11.0. The molecule has 1 heterocycles. The van der Waals surface area contributed by atoms with E-state index in [1.165, 1.54) is 11.3 Å². The molecular formula is C19H20N4O2S. The second kappa shape index (κ2) is 7.53. The van der Waals surface area contributed by atoms with Gasteiger partial charge in [0.2, 0.25) is 0 Å². The molecule has 0 saturated carbocycles. The highest BCUT2D eigenvalue weighted by molar-refractivity contribution is 7.22. The Hall–Kier alpha value is -2.93. The lowest BCUT2D eigenvalue weighted by molar-refractivity contribution is -0.121. The zero-order valence-corrected chi connectivity index (χ0v) is 15.6. The minimum atomic E-state index is -0.476. The Morgan fingerprint density at radius 1 is 1.27 bits per heavy atom. The van der Waals surface area contributed by atoms with Gasteiger partial charge in [0.15, 0.2) is 5.13 Å². The number of nitrogens with one attached hydrogen (secondary N) is 2. The van der Waals surface area contributed by atoms with E-state index in [0.717, 1.165) is 26.9 Å². The fourth-order valence-electron chi connectivity index (χ4n) is 2.52. The summed E-state index contributed by atoms with van der Waals surface area (Å²) in [7, 11) is 0. The molecule has 6 nitrogen and oxygen atoms in total. The van der Waals surface area contributed by atoms with Crippen LogP contribution in [0.5, 0.6) is 5.75 Å². The minimum absolute atomic E-state index is 0.257. The second-order valence-electron chi connectivity index (χ2n) is 6.09. The number of para-hydroxylation sites is 1. The Morgan fingerprint density at radius 3 is 2.65 bits per heavy atom. The summed E-state index contributed by atoms with van der Waals surface area (Å²) < 4.78 is 1.07. The Balaban J connectivity index is 1.60. The topological polar surface area (TPSA) is 86.6 Å². The summed E-state index contributed by atoms with van der Waals surface area (Å²) in [6.07, 6.45) is 1.56. The summed E-state index contributed by atoms with van der Waals surface area (Å²) in [5.41, 5.74) is 5.77. The number of phenolic OH excluding ortho intramolecular Hbond substituents is 1. The first-order valence-electron chi connectivity index (χ1n) is 8.19. The van der Waals surface area contributed by atoms with E-state index in [0.29, 0.717) is 5.13 Å². The third kappa shape index (κ3) is 4.00. The van der Waals surface area contributed by atoms with Gasteiger partial charge in [-0.1, -0.05) is 23.5 Å². The van der Waals surface area contributed by atoms with Crippen LogP contribution < -0.4 is 10.7 Å². The number of phenols is 1. The summed E-state index contributed by atoms with van der Waals surface area (Å²) >= 11 is 1.50. The first kappa shape index (κ1) is 17.9. The number of aromatic hydroxyl groups is 1. The smallest absolute Gasteiger partial charge is 0.262 e. The number of aryl methyl sites for hydroxylation is 2. The zero-order valence-electron chi connectivity index (χ0n) is 14.8. The summed E-state index contributed by atoms with van der Waals surface area (Å²) in [5.74, 6) is 0.0209. The molecule has 1 amide bonds. The van der Waals surface area contributed by atoms with Gasteiger partial charge in [0.25, 0.3) is 5.91 Å². The van der Waals surface area contributed by atoms with Gasteiger partial charge in [0, 0.05) is 0 Å². The largest absolute Gasteiger partial charge is 0.507 e. The van der Waals surface area contributed by atoms with Crippen LogP contribution in [-0.2, 0) is 4.79 Å². The molecule has 134 valence electrons. The number of hydrogen-bond donors (Lipinski definition) is 3. The number of amides is 1. The van der Waals surface area contributed by atoms with Crippen molar-refractivity contribution in [3.63, 3.8) is 0 Å². The molecule has 0 fully saturated rings. The SMILES string of the molecule is Cc1cc(/C=N/NC(=O)[C@H](C)Nc2nc3ccccc3s2)cc(C)c1O. The van der Waals surface area contributed by atoms with Crippen molar-refractivity contribution in [3.05, 3.63) is 53.1 Å². The van der Waals surface area contributed by atoms with Crippen molar-refractivity contribution in [2.75, 3.05) is 5.32 Å². The highest BCUT2D eigenvalue weighted by Crippen LogP contribution is 2.25. The van der Waals surface area contributed by atoms with E-state index in [-0.39, 0.29) is 11.7 Å². The van der Waals surface area contributed by atoms with Gasteiger partial charge >= 0.3 is 0 Å². The van der Waals surface area contributed by atoms with Crippen molar-refractivity contribution in [1.29, 1.82) is 0 Å². The van der Waals surface area contributed by atoms with Crippen LogP contribution >= 0.6 is 11.3 Å². The van der Waals surface area contributed by atoms with E-state index in [1.54, 1.807) is 25.3 Å². The van der Waals surface area contributed by atoms with Gasteiger partial charge in [-0.3, -0.25) is 4.79 Å². The summed E-state index contributed by atoms with van der Waals surface area (Å²) in [6.45, 7) is 5.40. The molecule has 0 aliphatic carbocycles. The molecule has 1 aromatic heterocycles. The van der Waals surface area contributed by atoms with Gasteiger partial charge in [-0.2, -0.15) is 5.10 Å². The second-order valence-corrected chi connectivity index (χ2v) is 7.12. The highest BCUT2D eigenvalue weighted by Gasteiger charge is 2.14. The highest BCUT2D eigenvalue weighted by atomic mass is 32.1. The average molecular weight is 368 g/mol. The molecule has 0 spiro atoms. The minimum Gasteiger partial charge on any atom is -0.507 e. The van der Waals surface area contributed by atoms with Crippen LogP contribution in [0.4, 0.5) is 5.13 Å². The molecule has 0 aliphatic heterocycles. The molecule has 3 aromatic rings. The molecule has 2 aromatic carbocycles. The number of thiazole rings is 1. The lowest BCUT2D eigenvalue weighted by Gasteiger charge is -2.10. The van der Waals surface area contributed by atoms with Crippen LogP contribution in [0, 0.1) is 13.8 Å². The molecule has 0 aliphatic rings. The number of hydrazone groups is 1. The van der Waals surface area contributed by atoms with Gasteiger partial charge in [-0.15, -0.1) is 0 Å². The van der Waals surface area contributed by atoms with Crippen LogP contribution in [0.15, 0.2) is 41.5 Å². The fourth-order valence-corrected chi connectivity index (χ4v) is 3.47. The fraction of sp³-hybridized carbons (Fsp3) is 0.211. The van der Waals surface area contributed by atoms with Gasteiger partial charge in [0.05, 0.1) is 16.4 Å². The van der Waals surface area contributed by atoms with Gasteiger partial charge in [0.1, 0.15) is 11.8 Å². The first-order chi connectivity index (χ1) is 12.4. The Kier molecular flexibility index (Phi) is 5.18. The molecule has 0 saturated heterocycles. The molecular weight excluding hydrogens is 348 g/mol. The van der Waals surface area contributed by atoms with E-state index >= 15 is 0 Å². The Bertz CT molecular complexity index is 925. The van der Waals surface area contributed by atoms with Crippen molar-refractivity contribution >= 4 is 38.8 Å². The van der Waals surface area contributed by atoms with Crippen LogP contribution in [-0.4, -0.2) is 28.3 Å². The average Bonchev–Trinajstić information content (AvgIpc) is 3.01. The Morgan fingerprint density at radius 2 is 1.96 bits per heavy atom. The maximum Gasteiger partial charge on any atom is 0.262 e. The molecule has 3 N–H and O–H groups in total. The summed E-state index contributed by atoms with van der Waals surface area (Å²) in [4.78, 5) is 16.6. The van der Waals surface area contributed by atoms with E-state index in [4.69, 9.17) is 0 Å². The van der Waals surface area contributed by atoms with Crippen LogP contribution in [0.1, 0.15) is 23.6 Å². The molecule has 1 atom stereocenters. The predicted octanol–water partition coefficient (Wildman–Crippen LogP) is 3.57. The van der Waals surface area contributed by atoms with Crippen molar-refractivity contribution in [2.24, 2.45) is 5.10 Å². The van der Waals surface area contributed by atoms with E-state index in [9.17, 15) is 9.90 Å². The maximum atomic E-state index is 12.2. The number of nitrogens with zero attached hydrogens (tertiary/aromatic N) is 2. The first-order valence-corrected chi connectivity index (χ1v) is 9.01. The summed E-state index contributed by atoms with van der Waals surface area (Å²) in [5, 5.41) is 17.6. The van der Waals surface area contributed by atoms with Gasteiger partial charge in [-0.05, 0) is 61.7 Å². The number of fused-ring (bicyclic) bond motifs is 1. The van der Waals surface area contributed by atoms with Crippen molar-refractivity contribution in [1.82, 2.24) is 10.4 Å². The zero-order chi connectivity index (χ0) is 18.7. The maximum absolute atomic E-state index is 12.2. The number of anilines is 1. The van der Waals surface area contributed by atoms with Crippen LogP contribution in [0.25, 0.3) is 10.2 Å². The third-order valence-corrected chi connectivity index (χ3v) is 4.90. The quantitative estimate of drug-likeness (QED) is 0.475. The molecule has 0 radical (unpaired) electrons. The van der Waals surface area contributed by atoms with Crippen molar-refractivity contribution in [3.8, 4) is 5.75 Å². The number of benzene rings is 2. The molecule has 26 heavy (non-hydrogen) atoms. The van der Waals surface area contributed by atoms with Crippen LogP contribution in [0.2, 0.25) is 0 Å². The normalized spacial score (nSPS) is 12.4. The van der Waals surface area contributed by atoms with Gasteiger partial charge in [-0.25, -0.2) is 10.4 Å².